The summed E-state index contributed by atoms with van der Waals surface area (Å²) in [6.07, 6.45) is 21.3. The van der Waals surface area contributed by atoms with Crippen molar-refractivity contribution in [3.63, 3.8) is 0 Å². The van der Waals surface area contributed by atoms with Crippen LogP contribution >= 0.6 is 0 Å². The Labute approximate surface area is 216 Å². The third-order valence-corrected chi connectivity index (χ3v) is 8.22. The number of anilines is 1. The van der Waals surface area contributed by atoms with Gasteiger partial charge in [0, 0.05) is 19.3 Å². The number of benzene rings is 1. The van der Waals surface area contributed by atoms with Crippen molar-refractivity contribution in [3.8, 4) is 0 Å². The minimum atomic E-state index is 0.475. The van der Waals surface area contributed by atoms with Gasteiger partial charge in [-0.15, -0.1) is 0 Å². The molecular weight excluding hydrogens is 434 g/mol. The maximum Gasteiger partial charge on any atom is 0.0701 e. The van der Waals surface area contributed by atoms with Crippen LogP contribution in [-0.2, 0) is 14.2 Å². The molecule has 2 aliphatic rings. The van der Waals surface area contributed by atoms with Crippen LogP contribution in [0.25, 0.3) is 0 Å². The predicted molar refractivity (Wildman–Crippen MR) is 147 cm³/mol. The normalized spacial score (nSPS) is 25.7. The first-order chi connectivity index (χ1) is 17.4. The Morgan fingerprint density at radius 2 is 1.20 bits per heavy atom. The van der Waals surface area contributed by atoms with Crippen LogP contribution in [0.5, 0.6) is 0 Å². The van der Waals surface area contributed by atoms with Crippen LogP contribution < -0.4 is 4.90 Å². The van der Waals surface area contributed by atoms with E-state index >= 15 is 0 Å². The lowest BCUT2D eigenvalue weighted by Gasteiger charge is -2.30. The van der Waals surface area contributed by atoms with E-state index < -0.39 is 0 Å². The number of ether oxygens (including phenoxy) is 3. The molecule has 35 heavy (non-hydrogen) atoms. The Bertz CT molecular complexity index is 625. The summed E-state index contributed by atoms with van der Waals surface area (Å²) < 4.78 is 17.0. The van der Waals surface area contributed by atoms with Gasteiger partial charge in [0.15, 0.2) is 0 Å². The minimum Gasteiger partial charge on any atom is -0.382 e. The average molecular weight is 488 g/mol. The SMILES string of the molecule is COCCOCCOCC1C2CCCCCCCCCCCCCCCC2CN1c1ccccc1. The van der Waals surface area contributed by atoms with Crippen molar-refractivity contribution in [3.05, 3.63) is 30.3 Å². The molecule has 200 valence electrons. The summed E-state index contributed by atoms with van der Waals surface area (Å²) in [5.74, 6) is 1.53. The number of nitrogens with zero attached hydrogens (tertiary/aromatic N) is 1. The highest BCUT2D eigenvalue weighted by molar-refractivity contribution is 5.48. The fourth-order valence-corrected chi connectivity index (χ4v) is 6.23. The van der Waals surface area contributed by atoms with Gasteiger partial charge in [0.05, 0.1) is 39.1 Å². The molecule has 1 aromatic rings. The molecule has 1 aromatic carbocycles. The lowest BCUT2D eigenvalue weighted by atomic mass is 9.83. The van der Waals surface area contributed by atoms with E-state index in [4.69, 9.17) is 14.2 Å². The third-order valence-electron chi connectivity index (χ3n) is 8.22. The molecule has 1 saturated carbocycles. The largest absolute Gasteiger partial charge is 0.382 e. The van der Waals surface area contributed by atoms with Crippen molar-refractivity contribution in [2.45, 2.75) is 102 Å². The second-order valence-electron chi connectivity index (χ2n) is 10.8. The van der Waals surface area contributed by atoms with Crippen molar-refractivity contribution in [2.75, 3.05) is 51.6 Å². The molecular formula is C31H53NO3. The van der Waals surface area contributed by atoms with E-state index in [0.717, 1.165) is 18.4 Å². The monoisotopic (exact) mass is 487 g/mol. The molecule has 3 atom stereocenters. The van der Waals surface area contributed by atoms with Crippen LogP contribution in [0.15, 0.2) is 30.3 Å². The number of methoxy groups -OCH3 is 1. The van der Waals surface area contributed by atoms with Crippen LogP contribution in [0.3, 0.4) is 0 Å². The van der Waals surface area contributed by atoms with E-state index in [0.29, 0.717) is 32.5 Å². The quantitative estimate of drug-likeness (QED) is 0.335. The zero-order valence-electron chi connectivity index (χ0n) is 22.6. The standard InChI is InChI=1S/C31H53NO3/c1-33-22-23-34-24-25-35-27-31-30-21-17-12-10-8-6-4-2-3-5-7-9-11-14-18-28(30)26-32(31)29-19-15-13-16-20-29/h13,15-16,19-20,28,30-31H,2-12,14,17-18,21-27H2,1H3. The zero-order valence-corrected chi connectivity index (χ0v) is 22.6. The maximum absolute atomic E-state index is 6.24. The van der Waals surface area contributed by atoms with Crippen molar-refractivity contribution in [1.82, 2.24) is 0 Å². The van der Waals surface area contributed by atoms with Gasteiger partial charge < -0.3 is 19.1 Å². The summed E-state index contributed by atoms with van der Waals surface area (Å²) in [6.45, 7) is 4.60. The van der Waals surface area contributed by atoms with E-state index in [-0.39, 0.29) is 0 Å². The summed E-state index contributed by atoms with van der Waals surface area (Å²) in [4.78, 5) is 2.68. The summed E-state index contributed by atoms with van der Waals surface area (Å²) in [5, 5.41) is 0. The van der Waals surface area contributed by atoms with Crippen LogP contribution in [0.4, 0.5) is 5.69 Å². The fourth-order valence-electron chi connectivity index (χ4n) is 6.23. The number of hydrogen-bond acceptors (Lipinski definition) is 4. The van der Waals surface area contributed by atoms with E-state index in [9.17, 15) is 0 Å². The highest BCUT2D eigenvalue weighted by atomic mass is 16.5. The average Bonchev–Trinajstić information content (AvgIpc) is 3.23. The molecule has 4 nitrogen and oxygen atoms in total. The number of hydrogen-bond donors (Lipinski definition) is 0. The Morgan fingerprint density at radius 1 is 0.657 bits per heavy atom. The first-order valence-electron chi connectivity index (χ1n) is 14.9. The fraction of sp³-hybridized carbons (Fsp3) is 0.806. The minimum absolute atomic E-state index is 0.475. The molecule has 2 fully saturated rings. The highest BCUT2D eigenvalue weighted by Gasteiger charge is 2.40. The predicted octanol–water partition coefficient (Wildman–Crippen LogP) is 7.65. The van der Waals surface area contributed by atoms with Crippen LogP contribution in [-0.4, -0.2) is 52.7 Å². The zero-order chi connectivity index (χ0) is 24.4. The van der Waals surface area contributed by atoms with Crippen molar-refractivity contribution >= 4 is 5.69 Å². The van der Waals surface area contributed by atoms with Gasteiger partial charge in [-0.3, -0.25) is 0 Å². The van der Waals surface area contributed by atoms with Crippen LogP contribution in [0.1, 0.15) is 96.3 Å². The molecule has 1 aliphatic carbocycles. The topological polar surface area (TPSA) is 30.9 Å². The van der Waals surface area contributed by atoms with Gasteiger partial charge in [-0.05, 0) is 36.8 Å². The number of rotatable bonds is 9. The molecule has 0 radical (unpaired) electrons. The first-order valence-corrected chi connectivity index (χ1v) is 14.9. The van der Waals surface area contributed by atoms with Gasteiger partial charge in [-0.2, -0.15) is 0 Å². The summed E-state index contributed by atoms with van der Waals surface area (Å²) >= 11 is 0. The van der Waals surface area contributed by atoms with Gasteiger partial charge in [-0.1, -0.05) is 102 Å². The molecule has 0 N–H and O–H groups in total. The molecule has 1 aliphatic heterocycles. The van der Waals surface area contributed by atoms with Gasteiger partial charge in [0.1, 0.15) is 0 Å². The molecule has 4 heteroatoms. The van der Waals surface area contributed by atoms with Gasteiger partial charge in [0.2, 0.25) is 0 Å². The summed E-state index contributed by atoms with van der Waals surface area (Å²) in [5.41, 5.74) is 1.37. The molecule has 0 aromatic heterocycles. The van der Waals surface area contributed by atoms with Crippen molar-refractivity contribution < 1.29 is 14.2 Å². The van der Waals surface area contributed by atoms with E-state index in [2.05, 4.69) is 35.2 Å². The Kier molecular flexibility index (Phi) is 14.8. The van der Waals surface area contributed by atoms with Crippen molar-refractivity contribution in [1.29, 1.82) is 0 Å². The van der Waals surface area contributed by atoms with Gasteiger partial charge in [0.25, 0.3) is 0 Å². The van der Waals surface area contributed by atoms with E-state index in [1.807, 2.05) is 0 Å². The molecule has 3 rings (SSSR count). The molecule has 1 heterocycles. The van der Waals surface area contributed by atoms with Gasteiger partial charge >= 0.3 is 0 Å². The highest BCUT2D eigenvalue weighted by Crippen LogP contribution is 2.40. The number of fused-ring (bicyclic) bond motifs is 1. The van der Waals surface area contributed by atoms with Crippen LogP contribution in [0, 0.1) is 11.8 Å². The molecule has 0 bridgehead atoms. The van der Waals surface area contributed by atoms with Crippen LogP contribution in [0.2, 0.25) is 0 Å². The third kappa shape index (κ3) is 10.8. The van der Waals surface area contributed by atoms with Crippen molar-refractivity contribution in [2.24, 2.45) is 11.8 Å². The Hall–Kier alpha value is -1.10. The summed E-state index contributed by atoms with van der Waals surface area (Å²) in [6, 6.07) is 11.6. The van der Waals surface area contributed by atoms with E-state index in [1.54, 1.807) is 7.11 Å². The molecule has 0 amide bonds. The second-order valence-corrected chi connectivity index (χ2v) is 10.8. The molecule has 1 saturated heterocycles. The first kappa shape index (κ1) is 28.5. The Balaban J connectivity index is 1.61. The maximum atomic E-state index is 6.24. The Morgan fingerprint density at radius 3 is 1.83 bits per heavy atom. The number of para-hydroxylation sites is 1. The lowest BCUT2D eigenvalue weighted by molar-refractivity contribution is 0.0182. The van der Waals surface area contributed by atoms with E-state index in [1.165, 1.54) is 109 Å². The molecule has 0 spiro atoms. The second kappa shape index (κ2) is 18.2. The summed E-state index contributed by atoms with van der Waals surface area (Å²) in [7, 11) is 1.71. The lowest BCUT2D eigenvalue weighted by Crippen LogP contribution is -2.37. The van der Waals surface area contributed by atoms with Gasteiger partial charge in [-0.25, -0.2) is 0 Å². The smallest absolute Gasteiger partial charge is 0.0701 e. The molecule has 3 unspecified atom stereocenters.